The number of benzene rings is 1. The third-order valence-corrected chi connectivity index (χ3v) is 5.32. The lowest BCUT2D eigenvalue weighted by molar-refractivity contribution is -0.137. The molecule has 4 rings (SSSR count). The van der Waals surface area contributed by atoms with Crippen LogP contribution in [0.25, 0.3) is 11.1 Å². The molecule has 0 saturated heterocycles. The fourth-order valence-electron chi connectivity index (χ4n) is 2.61. The molecule has 4 aromatic rings. The molecule has 1 aromatic carbocycles. The van der Waals surface area contributed by atoms with Crippen molar-refractivity contribution in [1.82, 2.24) is 15.0 Å². The maximum Gasteiger partial charge on any atom is 0.416 e. The van der Waals surface area contributed by atoms with Crippen LogP contribution in [0.2, 0.25) is 0 Å². The Morgan fingerprint density at radius 2 is 1.80 bits per heavy atom. The Morgan fingerprint density at radius 1 is 0.933 bits per heavy atom. The number of pyridine rings is 1. The van der Waals surface area contributed by atoms with Crippen LogP contribution in [0, 0.1) is 0 Å². The number of nitrogens with zero attached hydrogens (tertiary/aromatic N) is 3. The highest BCUT2D eigenvalue weighted by Gasteiger charge is 2.30. The Labute approximate surface area is 182 Å². The van der Waals surface area contributed by atoms with E-state index in [9.17, 15) is 13.2 Å². The highest BCUT2D eigenvalue weighted by Crippen LogP contribution is 2.32. The zero-order valence-corrected chi connectivity index (χ0v) is 17.5. The SMILES string of the molecule is FC(F)(F)c1cccc(Nc2nc(Nc3ccc(-c4ccsc4)cn3)ncc2Br)c1. The van der Waals surface area contributed by atoms with Gasteiger partial charge in [0, 0.05) is 23.6 Å². The zero-order valence-electron chi connectivity index (χ0n) is 15.1. The van der Waals surface area contributed by atoms with E-state index in [0.29, 0.717) is 16.1 Å². The lowest BCUT2D eigenvalue weighted by Crippen LogP contribution is -2.06. The van der Waals surface area contributed by atoms with Crippen LogP contribution >= 0.6 is 27.3 Å². The number of rotatable bonds is 5. The van der Waals surface area contributed by atoms with E-state index in [4.69, 9.17) is 0 Å². The summed E-state index contributed by atoms with van der Waals surface area (Å²) in [5, 5.41) is 9.91. The molecule has 0 aliphatic heterocycles. The third kappa shape index (κ3) is 4.77. The van der Waals surface area contributed by atoms with E-state index in [1.807, 2.05) is 22.9 Å². The first-order chi connectivity index (χ1) is 14.4. The fourth-order valence-corrected chi connectivity index (χ4v) is 3.56. The minimum Gasteiger partial charge on any atom is -0.339 e. The van der Waals surface area contributed by atoms with E-state index < -0.39 is 11.7 Å². The topological polar surface area (TPSA) is 62.7 Å². The minimum atomic E-state index is -4.42. The van der Waals surface area contributed by atoms with Gasteiger partial charge in [-0.25, -0.2) is 9.97 Å². The van der Waals surface area contributed by atoms with Crippen LogP contribution in [-0.2, 0) is 6.18 Å². The van der Waals surface area contributed by atoms with E-state index in [0.717, 1.165) is 23.3 Å². The lowest BCUT2D eigenvalue weighted by atomic mass is 10.1. The smallest absolute Gasteiger partial charge is 0.339 e. The molecule has 10 heteroatoms. The van der Waals surface area contributed by atoms with Crippen LogP contribution in [0.15, 0.2) is 70.1 Å². The fraction of sp³-hybridized carbons (Fsp3) is 0.0500. The van der Waals surface area contributed by atoms with Crippen molar-refractivity contribution in [2.75, 3.05) is 10.6 Å². The number of aromatic nitrogens is 3. The van der Waals surface area contributed by atoms with Crippen LogP contribution in [0.5, 0.6) is 0 Å². The summed E-state index contributed by atoms with van der Waals surface area (Å²) in [5.41, 5.74) is 1.59. The average molecular weight is 492 g/mol. The molecule has 0 atom stereocenters. The number of hydrogen-bond donors (Lipinski definition) is 2. The zero-order chi connectivity index (χ0) is 21.1. The van der Waals surface area contributed by atoms with Crippen LogP contribution in [0.3, 0.4) is 0 Å². The molecular formula is C20H13BrF3N5S. The van der Waals surface area contributed by atoms with E-state index in [-0.39, 0.29) is 11.6 Å². The van der Waals surface area contributed by atoms with Crippen molar-refractivity contribution in [3.8, 4) is 11.1 Å². The third-order valence-electron chi connectivity index (χ3n) is 4.05. The molecule has 0 aliphatic carbocycles. The first-order valence-corrected chi connectivity index (χ1v) is 10.3. The molecule has 0 aliphatic rings. The minimum absolute atomic E-state index is 0.253. The van der Waals surface area contributed by atoms with E-state index in [1.165, 1.54) is 18.3 Å². The second-order valence-electron chi connectivity index (χ2n) is 6.16. The maximum absolute atomic E-state index is 12.9. The Hall–Kier alpha value is -2.98. The normalized spacial score (nSPS) is 11.3. The van der Waals surface area contributed by atoms with Gasteiger partial charge in [0.15, 0.2) is 0 Å². The summed E-state index contributed by atoms with van der Waals surface area (Å²) in [6.45, 7) is 0. The number of nitrogens with one attached hydrogen (secondary N) is 2. The van der Waals surface area contributed by atoms with Crippen molar-refractivity contribution < 1.29 is 13.2 Å². The molecule has 0 saturated carbocycles. The summed E-state index contributed by atoms with van der Waals surface area (Å²) in [6.07, 6.45) is -1.18. The summed E-state index contributed by atoms with van der Waals surface area (Å²) in [4.78, 5) is 12.9. The molecule has 152 valence electrons. The quantitative estimate of drug-likeness (QED) is 0.319. The molecule has 5 nitrogen and oxygen atoms in total. The van der Waals surface area contributed by atoms with Crippen molar-refractivity contribution in [1.29, 1.82) is 0 Å². The monoisotopic (exact) mass is 491 g/mol. The predicted octanol–water partition coefficient (Wildman–Crippen LogP) is 6.87. The number of hydrogen-bond acceptors (Lipinski definition) is 6. The van der Waals surface area contributed by atoms with Crippen LogP contribution in [0.1, 0.15) is 5.56 Å². The van der Waals surface area contributed by atoms with Gasteiger partial charge in [0.2, 0.25) is 5.95 Å². The summed E-state index contributed by atoms with van der Waals surface area (Å²) < 4.78 is 39.3. The maximum atomic E-state index is 12.9. The van der Waals surface area contributed by atoms with Gasteiger partial charge in [0.1, 0.15) is 11.6 Å². The van der Waals surface area contributed by atoms with Gasteiger partial charge in [0.25, 0.3) is 0 Å². The first kappa shape index (κ1) is 20.3. The van der Waals surface area contributed by atoms with Crippen LogP contribution in [0.4, 0.5) is 36.4 Å². The summed E-state index contributed by atoms with van der Waals surface area (Å²) in [7, 11) is 0. The molecule has 0 amide bonds. The molecule has 0 fully saturated rings. The van der Waals surface area contributed by atoms with Gasteiger partial charge in [-0.2, -0.15) is 29.5 Å². The van der Waals surface area contributed by atoms with Crippen molar-refractivity contribution in [2.24, 2.45) is 0 Å². The molecule has 0 unspecified atom stereocenters. The van der Waals surface area contributed by atoms with Gasteiger partial charge in [-0.15, -0.1) is 0 Å². The first-order valence-electron chi connectivity index (χ1n) is 8.61. The summed E-state index contributed by atoms with van der Waals surface area (Å²) in [5.74, 6) is 1.12. The van der Waals surface area contributed by atoms with Gasteiger partial charge < -0.3 is 10.6 Å². The molecule has 30 heavy (non-hydrogen) atoms. The highest BCUT2D eigenvalue weighted by atomic mass is 79.9. The second kappa shape index (κ2) is 8.41. The molecule has 0 bridgehead atoms. The molecular weight excluding hydrogens is 479 g/mol. The molecule has 2 N–H and O–H groups in total. The predicted molar refractivity (Wildman–Crippen MR) is 115 cm³/mol. The number of alkyl halides is 3. The van der Waals surface area contributed by atoms with Gasteiger partial charge in [-0.1, -0.05) is 6.07 Å². The van der Waals surface area contributed by atoms with Gasteiger partial charge >= 0.3 is 6.18 Å². The van der Waals surface area contributed by atoms with Gasteiger partial charge in [0.05, 0.1) is 10.0 Å². The van der Waals surface area contributed by atoms with Crippen LogP contribution in [-0.4, -0.2) is 15.0 Å². The Kier molecular flexibility index (Phi) is 5.69. The van der Waals surface area contributed by atoms with Gasteiger partial charge in [-0.05, 0) is 68.7 Å². The number of halogens is 4. The standard InChI is InChI=1S/C20H13BrF3N5S/c21-16-10-26-19(28-17-5-4-12(9-25-17)13-6-7-30-11-13)29-18(16)27-15-3-1-2-14(8-15)20(22,23)24/h1-11H,(H2,25,26,27,28,29). The lowest BCUT2D eigenvalue weighted by Gasteiger charge is -2.12. The average Bonchev–Trinajstić information content (AvgIpc) is 3.26. The summed E-state index contributed by atoms with van der Waals surface area (Å²) >= 11 is 4.92. The molecule has 3 aromatic heterocycles. The van der Waals surface area contributed by atoms with Crippen molar-refractivity contribution >= 4 is 50.5 Å². The molecule has 3 heterocycles. The van der Waals surface area contributed by atoms with E-state index in [2.05, 4.69) is 41.5 Å². The molecule has 0 spiro atoms. The number of thiophene rings is 1. The van der Waals surface area contributed by atoms with Gasteiger partial charge in [-0.3, -0.25) is 0 Å². The second-order valence-corrected chi connectivity index (χ2v) is 7.80. The van der Waals surface area contributed by atoms with Crippen LogP contribution < -0.4 is 10.6 Å². The Morgan fingerprint density at radius 3 is 2.50 bits per heavy atom. The van der Waals surface area contributed by atoms with Crippen molar-refractivity contribution in [3.05, 3.63) is 75.7 Å². The van der Waals surface area contributed by atoms with Crippen molar-refractivity contribution in [3.63, 3.8) is 0 Å². The highest BCUT2D eigenvalue weighted by molar-refractivity contribution is 9.10. The van der Waals surface area contributed by atoms with E-state index in [1.54, 1.807) is 23.6 Å². The van der Waals surface area contributed by atoms with E-state index >= 15 is 0 Å². The Bertz CT molecular complexity index is 1150. The molecule has 0 radical (unpaired) electrons. The number of anilines is 4. The Balaban J connectivity index is 1.52. The van der Waals surface area contributed by atoms with Crippen molar-refractivity contribution in [2.45, 2.75) is 6.18 Å². The summed E-state index contributed by atoms with van der Waals surface area (Å²) in [6, 6.07) is 10.6. The largest absolute Gasteiger partial charge is 0.416 e.